The molecule has 0 saturated heterocycles. The predicted octanol–water partition coefficient (Wildman–Crippen LogP) is 1.94. The normalized spacial score (nSPS) is 10.7. The number of anilines is 2. The molecule has 0 aliphatic heterocycles. The first-order chi connectivity index (χ1) is 11.6. The summed E-state index contributed by atoms with van der Waals surface area (Å²) in [7, 11) is 0. The molecule has 3 aromatic rings. The van der Waals surface area contributed by atoms with Crippen LogP contribution in [0.5, 0.6) is 5.75 Å². The van der Waals surface area contributed by atoms with Gasteiger partial charge in [-0.15, -0.1) is 10.2 Å². The van der Waals surface area contributed by atoms with Crippen LogP contribution in [0.25, 0.3) is 0 Å². The minimum Gasteiger partial charge on any atom is -0.484 e. The van der Waals surface area contributed by atoms with Crippen molar-refractivity contribution in [1.82, 2.24) is 25.1 Å². The first-order valence-corrected chi connectivity index (χ1v) is 8.04. The molecule has 9 nitrogen and oxygen atoms in total. The van der Waals surface area contributed by atoms with E-state index in [-0.39, 0.29) is 18.5 Å². The first kappa shape index (κ1) is 16.3. The molecule has 3 rings (SSSR count). The number of halogens is 1. The maximum absolute atomic E-state index is 5.81. The molecule has 0 radical (unpaired) electrons. The van der Waals surface area contributed by atoms with E-state index >= 15 is 0 Å². The molecular formula is C13H12ClN7O2S. The zero-order valence-electron chi connectivity index (χ0n) is 12.2. The van der Waals surface area contributed by atoms with Gasteiger partial charge in [-0.2, -0.15) is 15.0 Å². The van der Waals surface area contributed by atoms with Gasteiger partial charge in [0, 0.05) is 5.02 Å². The van der Waals surface area contributed by atoms with E-state index in [0.29, 0.717) is 33.5 Å². The maximum Gasteiger partial charge on any atom is 0.277 e. The Morgan fingerprint density at radius 3 is 2.46 bits per heavy atom. The van der Waals surface area contributed by atoms with Crippen LogP contribution in [0.4, 0.5) is 11.9 Å². The Morgan fingerprint density at radius 1 is 1.04 bits per heavy atom. The van der Waals surface area contributed by atoms with E-state index in [1.165, 1.54) is 11.8 Å². The molecule has 0 fully saturated rings. The number of ether oxygens (including phenoxy) is 1. The summed E-state index contributed by atoms with van der Waals surface area (Å²) in [6, 6.07) is 6.98. The van der Waals surface area contributed by atoms with Crippen LogP contribution < -0.4 is 16.2 Å². The van der Waals surface area contributed by atoms with Crippen molar-refractivity contribution in [1.29, 1.82) is 0 Å². The topological polar surface area (TPSA) is 139 Å². The van der Waals surface area contributed by atoms with Gasteiger partial charge in [0.05, 0.1) is 5.75 Å². The van der Waals surface area contributed by atoms with Crippen LogP contribution in [0.2, 0.25) is 5.02 Å². The second-order valence-electron chi connectivity index (χ2n) is 4.46. The Morgan fingerprint density at radius 2 is 1.75 bits per heavy atom. The fourth-order valence-electron chi connectivity index (χ4n) is 1.68. The van der Waals surface area contributed by atoms with Crippen LogP contribution in [0.1, 0.15) is 11.7 Å². The first-order valence-electron chi connectivity index (χ1n) is 6.68. The summed E-state index contributed by atoms with van der Waals surface area (Å²) in [4.78, 5) is 11.6. The highest BCUT2D eigenvalue weighted by atomic mass is 35.5. The Bertz CT molecular complexity index is 807. The Hall–Kier alpha value is -2.59. The third-order valence-corrected chi connectivity index (χ3v) is 3.73. The molecule has 0 bridgehead atoms. The van der Waals surface area contributed by atoms with E-state index in [2.05, 4.69) is 25.1 Å². The summed E-state index contributed by atoms with van der Waals surface area (Å²) in [5.41, 5.74) is 11.0. The number of hydrogen-bond donors (Lipinski definition) is 2. The quantitative estimate of drug-likeness (QED) is 0.622. The van der Waals surface area contributed by atoms with Gasteiger partial charge in [0.25, 0.3) is 11.1 Å². The van der Waals surface area contributed by atoms with Gasteiger partial charge in [-0.1, -0.05) is 23.4 Å². The Labute approximate surface area is 145 Å². The summed E-state index contributed by atoms with van der Waals surface area (Å²) in [6.45, 7) is 0.154. The second kappa shape index (κ2) is 7.32. The van der Waals surface area contributed by atoms with Gasteiger partial charge in [-0.05, 0) is 24.3 Å². The minimum atomic E-state index is 0.0701. The smallest absolute Gasteiger partial charge is 0.277 e. The number of thioether (sulfide) groups is 1. The molecule has 0 aliphatic rings. The molecule has 2 aromatic heterocycles. The highest BCUT2D eigenvalue weighted by Crippen LogP contribution is 2.21. The molecule has 1 aromatic carbocycles. The van der Waals surface area contributed by atoms with Crippen molar-refractivity contribution in [3.63, 3.8) is 0 Å². The summed E-state index contributed by atoms with van der Waals surface area (Å²) in [5.74, 6) is 1.95. The Kier molecular flexibility index (Phi) is 4.96. The van der Waals surface area contributed by atoms with E-state index in [1.807, 2.05) is 0 Å². The fourth-order valence-corrected chi connectivity index (χ4v) is 2.44. The monoisotopic (exact) mass is 365 g/mol. The van der Waals surface area contributed by atoms with Crippen LogP contribution in [-0.4, -0.2) is 25.1 Å². The lowest BCUT2D eigenvalue weighted by Crippen LogP contribution is -2.05. The van der Waals surface area contributed by atoms with Gasteiger partial charge >= 0.3 is 0 Å². The van der Waals surface area contributed by atoms with Gasteiger partial charge in [0.15, 0.2) is 6.61 Å². The summed E-state index contributed by atoms with van der Waals surface area (Å²) in [6.07, 6.45) is 0. The largest absolute Gasteiger partial charge is 0.484 e. The van der Waals surface area contributed by atoms with Crippen LogP contribution in [0, 0.1) is 0 Å². The fraction of sp³-hybridized carbons (Fsp3) is 0.154. The molecule has 0 unspecified atom stereocenters. The second-order valence-corrected chi connectivity index (χ2v) is 5.82. The highest BCUT2D eigenvalue weighted by molar-refractivity contribution is 7.98. The van der Waals surface area contributed by atoms with Gasteiger partial charge in [0.2, 0.25) is 11.9 Å². The molecule has 0 spiro atoms. The third-order valence-electron chi connectivity index (χ3n) is 2.67. The zero-order chi connectivity index (χ0) is 16.9. The van der Waals surface area contributed by atoms with Crippen LogP contribution >= 0.6 is 23.4 Å². The summed E-state index contributed by atoms with van der Waals surface area (Å²) < 4.78 is 11.0. The molecule has 4 N–H and O–H groups in total. The molecule has 2 heterocycles. The van der Waals surface area contributed by atoms with Crippen molar-refractivity contribution in [3.05, 3.63) is 41.0 Å². The lowest BCUT2D eigenvalue weighted by molar-refractivity contribution is 0.252. The number of aromatic nitrogens is 5. The lowest BCUT2D eigenvalue weighted by Gasteiger charge is -2.02. The summed E-state index contributed by atoms with van der Waals surface area (Å²) in [5, 5.41) is 8.82. The molecule has 124 valence electrons. The maximum atomic E-state index is 5.81. The highest BCUT2D eigenvalue weighted by Gasteiger charge is 2.10. The number of benzene rings is 1. The van der Waals surface area contributed by atoms with Gasteiger partial charge in [-0.3, -0.25) is 0 Å². The lowest BCUT2D eigenvalue weighted by atomic mass is 10.3. The number of nitrogens with zero attached hydrogens (tertiary/aromatic N) is 5. The molecule has 0 aliphatic carbocycles. The van der Waals surface area contributed by atoms with Crippen LogP contribution in [-0.2, 0) is 12.4 Å². The van der Waals surface area contributed by atoms with Crippen molar-refractivity contribution >= 4 is 35.3 Å². The average Bonchev–Trinajstić information content (AvgIpc) is 2.99. The van der Waals surface area contributed by atoms with E-state index in [0.717, 1.165) is 0 Å². The predicted molar refractivity (Wildman–Crippen MR) is 88.3 cm³/mol. The van der Waals surface area contributed by atoms with Gasteiger partial charge < -0.3 is 20.6 Å². The standard InChI is InChI=1S/C13H12ClN7O2S/c14-7-1-3-8(4-2-7)22-5-10-20-21-13(23-10)24-6-9-17-11(15)19-12(16)18-9/h1-4H,5-6H2,(H4,15,16,17,18,19). The molecule has 11 heteroatoms. The Balaban J connectivity index is 1.54. The van der Waals surface area contributed by atoms with Crippen molar-refractivity contribution < 1.29 is 9.15 Å². The van der Waals surface area contributed by atoms with Crippen molar-refractivity contribution in [2.24, 2.45) is 0 Å². The number of nitrogens with two attached hydrogens (primary N) is 2. The van der Waals surface area contributed by atoms with Crippen LogP contribution in [0.15, 0.2) is 33.9 Å². The van der Waals surface area contributed by atoms with E-state index in [1.54, 1.807) is 24.3 Å². The SMILES string of the molecule is Nc1nc(N)nc(CSc2nnc(COc3ccc(Cl)cc3)o2)n1. The number of nitrogen functional groups attached to an aromatic ring is 2. The zero-order valence-corrected chi connectivity index (χ0v) is 13.8. The molecule has 0 atom stereocenters. The average molecular weight is 366 g/mol. The summed E-state index contributed by atoms with van der Waals surface area (Å²) >= 11 is 7.07. The number of rotatable bonds is 6. The van der Waals surface area contributed by atoms with Gasteiger partial charge in [-0.25, -0.2) is 0 Å². The molecule has 24 heavy (non-hydrogen) atoms. The third kappa shape index (κ3) is 4.46. The van der Waals surface area contributed by atoms with Crippen molar-refractivity contribution in [2.75, 3.05) is 11.5 Å². The van der Waals surface area contributed by atoms with E-state index < -0.39 is 0 Å². The van der Waals surface area contributed by atoms with Crippen molar-refractivity contribution in [2.45, 2.75) is 17.6 Å². The number of hydrogen-bond acceptors (Lipinski definition) is 10. The van der Waals surface area contributed by atoms with Crippen molar-refractivity contribution in [3.8, 4) is 5.75 Å². The molecular weight excluding hydrogens is 354 g/mol. The van der Waals surface area contributed by atoms with Crippen LogP contribution in [0.3, 0.4) is 0 Å². The van der Waals surface area contributed by atoms with Gasteiger partial charge in [0.1, 0.15) is 11.6 Å². The molecule has 0 saturated carbocycles. The minimum absolute atomic E-state index is 0.0701. The molecule has 0 amide bonds. The van der Waals surface area contributed by atoms with E-state index in [4.69, 9.17) is 32.2 Å². The van der Waals surface area contributed by atoms with E-state index in [9.17, 15) is 0 Å².